The summed E-state index contributed by atoms with van der Waals surface area (Å²) >= 11 is 1.72. The monoisotopic (exact) mass is 1090 g/mol. The van der Waals surface area contributed by atoms with E-state index in [0.717, 1.165) is 116 Å². The first kappa shape index (κ1) is 56.5. The highest BCUT2D eigenvalue weighted by molar-refractivity contribution is 7.15. The average Bonchev–Trinajstić information content (AvgIpc) is 4.06. The lowest BCUT2D eigenvalue weighted by Gasteiger charge is -2.35. The van der Waals surface area contributed by atoms with Gasteiger partial charge in [0.25, 0.3) is 5.91 Å². The van der Waals surface area contributed by atoms with E-state index in [1.807, 2.05) is 37.8 Å². The Hall–Kier alpha value is -7.20. The van der Waals surface area contributed by atoms with Gasteiger partial charge in [-0.05, 0) is 122 Å². The number of piperidine rings is 1. The topological polar surface area (TPSA) is 221 Å². The van der Waals surface area contributed by atoms with Crippen molar-refractivity contribution < 1.29 is 19.2 Å². The molecule has 2 atom stereocenters. The third-order valence-electron chi connectivity index (χ3n) is 15.8. The van der Waals surface area contributed by atoms with Gasteiger partial charge in [0.1, 0.15) is 29.0 Å². The number of nitrogen functional groups attached to an aromatic ring is 1. The Morgan fingerprint density at radius 1 is 0.861 bits per heavy atom. The van der Waals surface area contributed by atoms with E-state index < -0.39 is 11.9 Å². The molecule has 7 heterocycles. The van der Waals surface area contributed by atoms with Crippen LogP contribution in [0.25, 0.3) is 16.0 Å². The molecular formula is C58H76N16O4S. The van der Waals surface area contributed by atoms with E-state index in [2.05, 4.69) is 102 Å². The Bertz CT molecular complexity index is 3280. The van der Waals surface area contributed by atoms with Gasteiger partial charge >= 0.3 is 0 Å². The van der Waals surface area contributed by atoms with Crippen LogP contribution in [0.2, 0.25) is 0 Å². The highest BCUT2D eigenvalue weighted by Crippen LogP contribution is 2.40. The van der Waals surface area contributed by atoms with Gasteiger partial charge < -0.3 is 40.9 Å². The number of anilines is 2. The first-order valence-electron chi connectivity index (χ1n) is 27.6. The summed E-state index contributed by atoms with van der Waals surface area (Å²) in [5.74, 6) is 1.07. The van der Waals surface area contributed by atoms with Crippen molar-refractivity contribution in [1.82, 2.24) is 64.3 Å². The van der Waals surface area contributed by atoms with Crippen LogP contribution in [0.3, 0.4) is 0 Å². The largest absolute Gasteiger partial charge is 0.383 e. The molecule has 4 aromatic heterocycles. The number of aryl methyl sites for hydroxylation is 3. The van der Waals surface area contributed by atoms with Gasteiger partial charge in [-0.1, -0.05) is 42.0 Å². The number of hydrogen-bond acceptors (Lipinski definition) is 15. The van der Waals surface area contributed by atoms with Crippen molar-refractivity contribution in [3.05, 3.63) is 116 Å². The van der Waals surface area contributed by atoms with E-state index in [0.29, 0.717) is 48.7 Å². The number of piperazine rings is 1. The van der Waals surface area contributed by atoms with Gasteiger partial charge in [0.05, 0.1) is 30.0 Å². The fourth-order valence-corrected chi connectivity index (χ4v) is 12.0. The number of likely N-dealkylation sites (tertiary alicyclic amines) is 1. The van der Waals surface area contributed by atoms with Gasteiger partial charge in [-0.15, -0.1) is 21.5 Å². The number of aliphatic imine (C=N–C) groups is 1. The van der Waals surface area contributed by atoms with Crippen LogP contribution in [0.1, 0.15) is 110 Å². The van der Waals surface area contributed by atoms with E-state index in [9.17, 15) is 19.2 Å². The van der Waals surface area contributed by atoms with Gasteiger partial charge in [-0.25, -0.2) is 14.6 Å². The summed E-state index contributed by atoms with van der Waals surface area (Å²) in [4.78, 5) is 79.3. The van der Waals surface area contributed by atoms with Crippen molar-refractivity contribution in [2.75, 3.05) is 104 Å². The van der Waals surface area contributed by atoms with E-state index in [-0.39, 0.29) is 48.1 Å². The lowest BCUT2D eigenvalue weighted by molar-refractivity contribution is -0.128. The summed E-state index contributed by atoms with van der Waals surface area (Å²) < 4.78 is 3.82. The molecule has 20 nitrogen and oxygen atoms in total. The van der Waals surface area contributed by atoms with E-state index in [4.69, 9.17) is 15.8 Å². The molecule has 0 saturated carbocycles. The maximum atomic E-state index is 13.9. The van der Waals surface area contributed by atoms with Gasteiger partial charge in [-0.3, -0.25) is 28.7 Å². The summed E-state index contributed by atoms with van der Waals surface area (Å²) in [5.41, 5.74) is 15.6. The van der Waals surface area contributed by atoms with Gasteiger partial charge in [0.15, 0.2) is 17.2 Å². The molecule has 2 aromatic carbocycles. The molecule has 3 aliphatic rings. The summed E-state index contributed by atoms with van der Waals surface area (Å²) in [6, 6.07) is 11.4. The second-order valence-electron chi connectivity index (χ2n) is 21.6. The molecule has 3 aliphatic heterocycles. The number of nitrogens with one attached hydrogen (secondary N) is 2. The molecule has 0 unspecified atom stereocenters. The third-order valence-corrected chi connectivity index (χ3v) is 17.0. The normalized spacial score (nSPS) is 17.0. The number of aromatic nitrogens is 7. The molecule has 9 rings (SSSR count). The van der Waals surface area contributed by atoms with Crippen molar-refractivity contribution in [3.8, 4) is 5.00 Å². The third kappa shape index (κ3) is 12.8. The minimum atomic E-state index is -0.472. The molecule has 2 saturated heterocycles. The number of carbonyl (C=O) groups is 4. The molecule has 418 valence electrons. The second-order valence-corrected chi connectivity index (χ2v) is 22.8. The lowest BCUT2D eigenvalue weighted by atomic mass is 9.98. The van der Waals surface area contributed by atoms with Crippen LogP contribution in [0.5, 0.6) is 0 Å². The average molecular weight is 1090 g/mol. The van der Waals surface area contributed by atoms with E-state index in [1.54, 1.807) is 47.2 Å². The minimum absolute atomic E-state index is 0.00457. The van der Waals surface area contributed by atoms with Crippen molar-refractivity contribution in [2.24, 2.45) is 4.99 Å². The van der Waals surface area contributed by atoms with Crippen LogP contribution in [0.15, 0.2) is 59.9 Å². The number of fused-ring (bicyclic) bond motifs is 4. The Balaban J connectivity index is 0.692. The number of hydrogen-bond donors (Lipinski definition) is 3. The zero-order valence-corrected chi connectivity index (χ0v) is 48.1. The standard InChI is InChI=1S/C58H76N16O4S/c1-36-16-18-42(19-17-36)52-50-39(4)40(5)79-58(50)73-41(6)65-66-55(73)46(63-52)33-47(75)60-22-12-25-70-28-30-71(31-29-70)26-13-24-69(9)23-11-15-48(76)72-27-10-14-44(34-72)74-56-51(54(59)61-35-62-56)53(67-74)57(78)64-45-21-20-43(37(2)38(45)3)32-49(77)68(7)8/h11,15-21,35,44,46H,10,12-14,22-34H2,1-9H3,(H,60,75)(H,64,78)(H2,59,61,62)/b15-11+/t44-,46+/m1/s1. The number of thiophene rings is 1. The van der Waals surface area contributed by atoms with E-state index in [1.165, 1.54) is 22.3 Å². The van der Waals surface area contributed by atoms with Crippen molar-refractivity contribution >= 4 is 63.2 Å². The molecule has 6 aromatic rings. The Morgan fingerprint density at radius 3 is 2.33 bits per heavy atom. The van der Waals surface area contributed by atoms with Crippen molar-refractivity contribution in [3.63, 3.8) is 0 Å². The number of likely N-dealkylation sites (N-methyl/N-ethyl adjacent to an activating group) is 2. The molecule has 2 fully saturated rings. The van der Waals surface area contributed by atoms with Gasteiger partial charge in [-0.2, -0.15) is 5.10 Å². The second kappa shape index (κ2) is 24.9. The Morgan fingerprint density at radius 2 is 1.59 bits per heavy atom. The fraction of sp³-hybridized carbons (Fsp3) is 0.483. The predicted molar refractivity (Wildman–Crippen MR) is 310 cm³/mol. The highest BCUT2D eigenvalue weighted by Gasteiger charge is 2.34. The molecule has 0 bridgehead atoms. The van der Waals surface area contributed by atoms with Crippen LogP contribution in [-0.2, 0) is 20.8 Å². The zero-order chi connectivity index (χ0) is 56.1. The number of benzene rings is 2. The zero-order valence-electron chi connectivity index (χ0n) is 47.3. The van der Waals surface area contributed by atoms with E-state index >= 15 is 0 Å². The first-order chi connectivity index (χ1) is 37.9. The Labute approximate surface area is 467 Å². The van der Waals surface area contributed by atoms with Crippen molar-refractivity contribution in [1.29, 1.82) is 0 Å². The number of nitrogens with zero attached hydrogens (tertiary/aromatic N) is 13. The molecule has 4 N–H and O–H groups in total. The van der Waals surface area contributed by atoms with Crippen LogP contribution in [0.4, 0.5) is 11.5 Å². The first-order valence-corrected chi connectivity index (χ1v) is 28.4. The maximum Gasteiger partial charge on any atom is 0.277 e. The molecule has 0 aliphatic carbocycles. The summed E-state index contributed by atoms with van der Waals surface area (Å²) in [6.07, 6.45) is 8.82. The Kier molecular flexibility index (Phi) is 17.8. The lowest BCUT2D eigenvalue weighted by Crippen LogP contribution is -2.47. The highest BCUT2D eigenvalue weighted by atomic mass is 32.1. The SMILES string of the molecule is Cc1ccc(C2=N[C@@H](CC(=O)NCCCN3CCN(CCCN(C)C/C=C/C(=O)N4CCC[C@@H](n5nc(C(=O)Nc6ccc(CC(=O)N(C)C)c(C)c6C)c6c(N)ncnc65)C4)CC3)c3nnc(C)n3-c3sc(C)c(C)c32)cc1. The molecule has 4 amide bonds. The molecular weight excluding hydrogens is 1020 g/mol. The van der Waals surface area contributed by atoms with Gasteiger partial charge in [0.2, 0.25) is 17.7 Å². The van der Waals surface area contributed by atoms with Crippen LogP contribution < -0.4 is 16.4 Å². The number of nitrogens with two attached hydrogens (primary N) is 1. The molecule has 0 spiro atoms. The van der Waals surface area contributed by atoms with Gasteiger partial charge in [0, 0.05) is 94.2 Å². The number of rotatable bonds is 19. The maximum absolute atomic E-state index is 13.9. The van der Waals surface area contributed by atoms with Crippen molar-refractivity contribution in [2.45, 2.75) is 92.2 Å². The quantitative estimate of drug-likeness (QED) is 0.0633. The predicted octanol–water partition coefficient (Wildman–Crippen LogP) is 5.93. The summed E-state index contributed by atoms with van der Waals surface area (Å²) in [5, 5.41) is 21.4. The molecule has 79 heavy (non-hydrogen) atoms. The minimum Gasteiger partial charge on any atom is -0.383 e. The smallest absolute Gasteiger partial charge is 0.277 e. The summed E-state index contributed by atoms with van der Waals surface area (Å²) in [7, 11) is 5.54. The number of amides is 4. The molecule has 21 heteroatoms. The molecule has 0 radical (unpaired) electrons. The van der Waals surface area contributed by atoms with Crippen LogP contribution in [-0.4, -0.2) is 181 Å². The summed E-state index contributed by atoms with van der Waals surface area (Å²) in [6.45, 7) is 21.3. The fourth-order valence-electron chi connectivity index (χ4n) is 10.8. The van der Waals surface area contributed by atoms with Crippen LogP contribution in [0, 0.1) is 41.5 Å². The number of carbonyl (C=O) groups excluding carboxylic acids is 4. The van der Waals surface area contributed by atoms with Crippen LogP contribution >= 0.6 is 11.3 Å².